The quantitative estimate of drug-likeness (QED) is 0.175. The van der Waals surface area contributed by atoms with Crippen LogP contribution in [0.3, 0.4) is 0 Å². The Balaban J connectivity index is 1.10. The van der Waals surface area contributed by atoms with Crippen molar-refractivity contribution in [1.29, 1.82) is 0 Å². The lowest BCUT2D eigenvalue weighted by molar-refractivity contribution is 1.18. The molecule has 276 valence electrons. The average Bonchev–Trinajstić information content (AvgIpc) is 3.66. The topological polar surface area (TPSA) is 14.7 Å². The van der Waals surface area contributed by atoms with E-state index in [0.717, 1.165) is 0 Å². The third-order valence-corrected chi connectivity index (χ3v) is 14.9. The van der Waals surface area contributed by atoms with Crippen molar-refractivity contribution in [2.45, 2.75) is 0 Å². The van der Waals surface area contributed by atoms with Crippen LogP contribution in [0.4, 0.5) is 51.2 Å². The normalized spacial score (nSPS) is 14.7. The molecule has 0 aliphatic carbocycles. The van der Waals surface area contributed by atoms with E-state index in [9.17, 15) is 0 Å². The number of nitrogens with zero attached hydrogens (tertiary/aromatic N) is 4. The minimum Gasteiger partial charge on any atom is -0.312 e. The van der Waals surface area contributed by atoms with E-state index >= 15 is 0 Å². The van der Waals surface area contributed by atoms with Gasteiger partial charge in [-0.15, -0.1) is 0 Å². The molecule has 0 saturated carbocycles. The van der Waals surface area contributed by atoms with Gasteiger partial charge >= 0.3 is 0 Å². The van der Waals surface area contributed by atoms with Gasteiger partial charge in [-0.2, -0.15) is 0 Å². The summed E-state index contributed by atoms with van der Waals surface area (Å²) in [5, 5.41) is 2.63. The molecule has 6 aliphatic heterocycles. The monoisotopic (exact) mass is 768 g/mol. The van der Waals surface area contributed by atoms with Gasteiger partial charge in [-0.25, -0.2) is 0 Å². The summed E-state index contributed by atoms with van der Waals surface area (Å²) in [6.45, 7) is 0.157. The molecule has 0 amide bonds. The van der Waals surface area contributed by atoms with Crippen LogP contribution in [0.25, 0.3) is 27.5 Å². The number of anilines is 9. The van der Waals surface area contributed by atoms with Crippen LogP contribution in [0.15, 0.2) is 188 Å². The van der Waals surface area contributed by atoms with Crippen molar-refractivity contribution in [3.05, 3.63) is 188 Å². The largest absolute Gasteiger partial charge is 0.312 e. The molecule has 7 heteroatoms. The second-order valence-electron chi connectivity index (χ2n) is 17.5. The summed E-state index contributed by atoms with van der Waals surface area (Å²) < 4.78 is 2.57. The van der Waals surface area contributed by atoms with Crippen LogP contribution in [0.5, 0.6) is 0 Å². The summed E-state index contributed by atoms with van der Waals surface area (Å²) in [4.78, 5) is 7.81. The fourth-order valence-corrected chi connectivity index (χ4v) is 12.9. The van der Waals surface area contributed by atoms with E-state index in [1.54, 1.807) is 0 Å². The smallest absolute Gasteiger partial charge is 0.252 e. The number of para-hydroxylation sites is 6. The molecule has 0 atom stereocenters. The Labute approximate surface area is 353 Å². The van der Waals surface area contributed by atoms with E-state index < -0.39 is 0 Å². The van der Waals surface area contributed by atoms with Gasteiger partial charge in [-0.1, -0.05) is 127 Å². The molecule has 4 nitrogen and oxygen atoms in total. The van der Waals surface area contributed by atoms with Crippen LogP contribution in [-0.2, 0) is 0 Å². The fourth-order valence-electron chi connectivity index (χ4n) is 12.9. The third-order valence-electron chi connectivity index (χ3n) is 14.9. The zero-order valence-corrected chi connectivity index (χ0v) is 32.9. The molecule has 7 heterocycles. The minimum atomic E-state index is 0.0363. The lowest BCUT2D eigenvalue weighted by Gasteiger charge is -2.52. The summed E-state index contributed by atoms with van der Waals surface area (Å²) in [5.74, 6) is 0. The maximum Gasteiger partial charge on any atom is 0.252 e. The number of hydrogen-bond acceptors (Lipinski definition) is 3. The van der Waals surface area contributed by atoms with Gasteiger partial charge in [0, 0.05) is 73.2 Å². The third kappa shape index (κ3) is 3.52. The van der Waals surface area contributed by atoms with E-state index in [-0.39, 0.29) is 20.1 Å². The highest BCUT2D eigenvalue weighted by Crippen LogP contribution is 2.49. The predicted octanol–water partition coefficient (Wildman–Crippen LogP) is 6.62. The zero-order chi connectivity index (χ0) is 39.2. The van der Waals surface area contributed by atoms with Crippen LogP contribution < -0.4 is 63.9 Å². The van der Waals surface area contributed by atoms with Crippen LogP contribution in [0.1, 0.15) is 0 Å². The number of rotatable bonds is 1. The van der Waals surface area contributed by atoms with Crippen molar-refractivity contribution in [1.82, 2.24) is 4.57 Å². The molecule has 0 N–H and O–H groups in total. The summed E-state index contributed by atoms with van der Waals surface area (Å²) in [7, 11) is 0. The molecule has 0 spiro atoms. The maximum atomic E-state index is 2.67. The van der Waals surface area contributed by atoms with Crippen LogP contribution in [0.2, 0.25) is 0 Å². The van der Waals surface area contributed by atoms with E-state index in [1.165, 1.54) is 128 Å². The van der Waals surface area contributed by atoms with Crippen molar-refractivity contribution in [2.75, 3.05) is 14.7 Å². The molecule has 0 saturated heterocycles. The van der Waals surface area contributed by atoms with Crippen molar-refractivity contribution >= 4 is 142 Å². The molecule has 0 unspecified atom stereocenters. The van der Waals surface area contributed by atoms with E-state index in [2.05, 4.69) is 207 Å². The Hall–Kier alpha value is -7.63. The molecule has 0 fully saturated rings. The number of aromatic nitrogens is 1. The molecule has 6 aliphatic rings. The Morgan fingerprint density at radius 2 is 0.738 bits per heavy atom. The van der Waals surface area contributed by atoms with Crippen molar-refractivity contribution in [3.8, 4) is 5.69 Å². The zero-order valence-electron chi connectivity index (χ0n) is 32.9. The fraction of sp³-hybridized carbons (Fsp3) is 0. The summed E-state index contributed by atoms with van der Waals surface area (Å²) >= 11 is 0. The minimum absolute atomic E-state index is 0.0363. The van der Waals surface area contributed by atoms with Gasteiger partial charge in [0.25, 0.3) is 20.1 Å². The Kier molecular flexibility index (Phi) is 5.52. The summed E-state index contributed by atoms with van der Waals surface area (Å²) in [6, 6.07) is 71.4. The second-order valence-corrected chi connectivity index (χ2v) is 17.5. The standard InChI is InChI=1S/C54H31B3N4/c1-2-15-32(16-3-1)58-42-24-9-5-19-35(42)56-39-31-40-54-51-53(39)60(47-29-13-27-45(58)49(47)56)43-25-10-6-20-36(43)55(51)37-21-7-11-26-44(37)61(54)48-30-14-28-46-50(48)57(40)38-22-12-18-34-33-17-4-8-23-41(33)59(46)52(34)38/h1-31H. The first kappa shape index (κ1) is 31.3. The molecular formula is C54H31B3N4. The highest BCUT2D eigenvalue weighted by molar-refractivity contribution is 7.07. The molecular weight excluding hydrogens is 737 g/mol. The average molecular weight is 768 g/mol. The van der Waals surface area contributed by atoms with Gasteiger partial charge in [0.1, 0.15) is 0 Å². The Morgan fingerprint density at radius 3 is 1.41 bits per heavy atom. The lowest BCUT2D eigenvalue weighted by Crippen LogP contribution is -2.72. The van der Waals surface area contributed by atoms with Crippen molar-refractivity contribution in [2.24, 2.45) is 0 Å². The molecule has 9 aromatic carbocycles. The first-order chi connectivity index (χ1) is 30.3. The predicted molar refractivity (Wildman–Crippen MR) is 259 cm³/mol. The number of hydrogen-bond donors (Lipinski definition) is 0. The van der Waals surface area contributed by atoms with Crippen LogP contribution in [-0.4, -0.2) is 24.7 Å². The summed E-state index contributed by atoms with van der Waals surface area (Å²) in [5.41, 5.74) is 27.8. The maximum absolute atomic E-state index is 2.67. The van der Waals surface area contributed by atoms with Crippen molar-refractivity contribution < 1.29 is 0 Å². The SMILES string of the molecule is c1ccc(N2c3ccccc3B3c4cc5c6c7c4N(c4ccccc4B7c4ccccc4N6c4cccc6c4B5c4cccc5c7ccccc7n-6c45)c4cccc2c43)cc1. The second kappa shape index (κ2) is 10.8. The number of fused-ring (bicyclic) bond motifs is 17. The Morgan fingerprint density at radius 1 is 0.295 bits per heavy atom. The van der Waals surface area contributed by atoms with Crippen LogP contribution in [0, 0.1) is 0 Å². The highest BCUT2D eigenvalue weighted by Gasteiger charge is 2.54. The van der Waals surface area contributed by atoms with E-state index in [4.69, 9.17) is 0 Å². The van der Waals surface area contributed by atoms with E-state index in [1.807, 2.05) is 0 Å². The first-order valence-corrected chi connectivity index (χ1v) is 21.6. The van der Waals surface area contributed by atoms with Gasteiger partial charge in [0.15, 0.2) is 0 Å². The molecule has 10 aromatic rings. The summed E-state index contributed by atoms with van der Waals surface area (Å²) in [6.07, 6.45) is 0. The van der Waals surface area contributed by atoms with Gasteiger partial charge < -0.3 is 19.3 Å². The van der Waals surface area contributed by atoms with Gasteiger partial charge in [0.2, 0.25) is 0 Å². The van der Waals surface area contributed by atoms with Gasteiger partial charge in [0.05, 0.1) is 5.52 Å². The molecule has 0 radical (unpaired) electrons. The van der Waals surface area contributed by atoms with E-state index in [0.29, 0.717) is 0 Å². The highest BCUT2D eigenvalue weighted by atomic mass is 15.2. The number of benzene rings is 9. The van der Waals surface area contributed by atoms with Gasteiger partial charge in [-0.05, 0) is 110 Å². The first-order valence-electron chi connectivity index (χ1n) is 21.6. The lowest BCUT2D eigenvalue weighted by atomic mass is 9.26. The molecule has 0 bridgehead atoms. The van der Waals surface area contributed by atoms with Crippen LogP contribution >= 0.6 is 0 Å². The molecule has 1 aromatic heterocycles. The van der Waals surface area contributed by atoms with Gasteiger partial charge in [-0.3, -0.25) is 0 Å². The van der Waals surface area contributed by atoms with Crippen molar-refractivity contribution in [3.63, 3.8) is 0 Å². The molecule has 61 heavy (non-hydrogen) atoms. The Bertz CT molecular complexity index is 3670. The molecule has 16 rings (SSSR count).